The van der Waals surface area contributed by atoms with E-state index in [1.165, 1.54) is 0 Å². The van der Waals surface area contributed by atoms with Gasteiger partial charge in [-0.1, -0.05) is 36.4 Å². The van der Waals surface area contributed by atoms with E-state index in [2.05, 4.69) is 5.32 Å². The highest BCUT2D eigenvalue weighted by atomic mass is 19.4. The standard InChI is InChI=1S/C19H17F4NO4/c20-15-10-12(6-8-14(15)19(21,22)23)7-9-16(17(25)26)24-18(27)28-11-13-4-2-1-3-5-13/h1-6,8,10,16H,7,9,11H2,(H,24,27)(H,25,26). The average Bonchev–Trinajstić information content (AvgIpc) is 2.63. The molecule has 0 saturated carbocycles. The Kier molecular flexibility index (Phi) is 6.97. The number of carbonyl (C=O) groups is 2. The van der Waals surface area contributed by atoms with E-state index < -0.39 is 35.7 Å². The molecule has 9 heteroatoms. The topological polar surface area (TPSA) is 75.6 Å². The number of benzene rings is 2. The second-order valence-electron chi connectivity index (χ2n) is 5.95. The summed E-state index contributed by atoms with van der Waals surface area (Å²) in [6.07, 6.45) is -5.96. The van der Waals surface area contributed by atoms with E-state index in [-0.39, 0.29) is 25.0 Å². The summed E-state index contributed by atoms with van der Waals surface area (Å²) in [7, 11) is 0. The van der Waals surface area contributed by atoms with E-state index >= 15 is 0 Å². The van der Waals surface area contributed by atoms with Gasteiger partial charge in [0.2, 0.25) is 0 Å². The Hall–Kier alpha value is -3.10. The Morgan fingerprint density at radius 3 is 2.32 bits per heavy atom. The Bertz CT molecular complexity index is 824. The lowest BCUT2D eigenvalue weighted by atomic mass is 10.0. The van der Waals surface area contributed by atoms with Gasteiger partial charge in [-0.05, 0) is 36.1 Å². The first-order chi connectivity index (χ1) is 13.2. The van der Waals surface area contributed by atoms with Crippen LogP contribution in [-0.2, 0) is 28.7 Å². The van der Waals surface area contributed by atoms with E-state index in [0.29, 0.717) is 17.7 Å². The number of amides is 1. The molecule has 0 saturated heterocycles. The van der Waals surface area contributed by atoms with Crippen molar-refractivity contribution in [3.05, 3.63) is 71.0 Å². The smallest absolute Gasteiger partial charge is 0.419 e. The van der Waals surface area contributed by atoms with Gasteiger partial charge in [0, 0.05) is 0 Å². The number of rotatable bonds is 7. The van der Waals surface area contributed by atoms with Crippen LogP contribution in [-0.4, -0.2) is 23.2 Å². The third-order valence-corrected chi connectivity index (χ3v) is 3.86. The lowest BCUT2D eigenvalue weighted by Gasteiger charge is -2.15. The van der Waals surface area contributed by atoms with Crippen molar-refractivity contribution in [2.45, 2.75) is 31.7 Å². The molecule has 0 aromatic heterocycles. The van der Waals surface area contributed by atoms with Crippen molar-refractivity contribution in [3.63, 3.8) is 0 Å². The molecular formula is C19H17F4NO4. The van der Waals surface area contributed by atoms with Crippen molar-refractivity contribution in [2.75, 3.05) is 0 Å². The van der Waals surface area contributed by atoms with Crippen LogP contribution in [0.15, 0.2) is 48.5 Å². The molecule has 0 fully saturated rings. The molecule has 0 aliphatic carbocycles. The molecular weight excluding hydrogens is 382 g/mol. The van der Waals surface area contributed by atoms with Crippen LogP contribution in [0.3, 0.4) is 0 Å². The molecule has 2 N–H and O–H groups in total. The Morgan fingerprint density at radius 2 is 1.75 bits per heavy atom. The van der Waals surface area contributed by atoms with Crippen LogP contribution in [0.25, 0.3) is 0 Å². The summed E-state index contributed by atoms with van der Waals surface area (Å²) >= 11 is 0. The van der Waals surface area contributed by atoms with Gasteiger partial charge in [0.25, 0.3) is 0 Å². The number of hydrogen-bond acceptors (Lipinski definition) is 3. The number of nitrogens with one attached hydrogen (secondary N) is 1. The quantitative estimate of drug-likeness (QED) is 0.686. The van der Waals surface area contributed by atoms with Gasteiger partial charge >= 0.3 is 18.2 Å². The van der Waals surface area contributed by atoms with Gasteiger partial charge < -0.3 is 15.2 Å². The van der Waals surface area contributed by atoms with Crippen molar-refractivity contribution in [1.29, 1.82) is 0 Å². The molecule has 28 heavy (non-hydrogen) atoms. The van der Waals surface area contributed by atoms with Crippen LogP contribution < -0.4 is 5.32 Å². The summed E-state index contributed by atoms with van der Waals surface area (Å²) in [6.45, 7) is -0.0525. The molecule has 5 nitrogen and oxygen atoms in total. The van der Waals surface area contributed by atoms with Gasteiger partial charge in [-0.3, -0.25) is 0 Å². The number of alkyl halides is 3. The largest absolute Gasteiger partial charge is 0.480 e. The fourth-order valence-electron chi connectivity index (χ4n) is 2.42. The maximum Gasteiger partial charge on any atom is 0.419 e. The summed E-state index contributed by atoms with van der Waals surface area (Å²) in [5.41, 5.74) is -0.505. The third kappa shape index (κ3) is 6.26. The zero-order chi connectivity index (χ0) is 20.7. The monoisotopic (exact) mass is 399 g/mol. The second kappa shape index (κ2) is 9.20. The van der Waals surface area contributed by atoms with Crippen LogP contribution in [0.5, 0.6) is 0 Å². The highest BCUT2D eigenvalue weighted by Gasteiger charge is 2.34. The molecule has 0 spiro atoms. The first-order valence-electron chi connectivity index (χ1n) is 8.22. The van der Waals surface area contributed by atoms with E-state index in [0.717, 1.165) is 6.07 Å². The highest BCUT2D eigenvalue weighted by molar-refractivity contribution is 5.79. The van der Waals surface area contributed by atoms with Crippen LogP contribution in [0.2, 0.25) is 0 Å². The highest BCUT2D eigenvalue weighted by Crippen LogP contribution is 2.31. The van der Waals surface area contributed by atoms with Gasteiger partial charge in [0.05, 0.1) is 5.56 Å². The fraction of sp³-hybridized carbons (Fsp3) is 0.263. The van der Waals surface area contributed by atoms with E-state index in [1.54, 1.807) is 30.3 Å². The van der Waals surface area contributed by atoms with Crippen molar-refractivity contribution in [3.8, 4) is 0 Å². The first-order valence-corrected chi connectivity index (χ1v) is 8.22. The fourth-order valence-corrected chi connectivity index (χ4v) is 2.42. The normalized spacial score (nSPS) is 12.3. The van der Waals surface area contributed by atoms with Gasteiger partial charge in [-0.15, -0.1) is 0 Å². The number of halogens is 4. The number of ether oxygens (including phenoxy) is 1. The lowest BCUT2D eigenvalue weighted by Crippen LogP contribution is -2.41. The zero-order valence-corrected chi connectivity index (χ0v) is 14.5. The molecule has 0 radical (unpaired) electrons. The number of aryl methyl sites for hydroxylation is 1. The van der Waals surface area contributed by atoms with Crippen LogP contribution in [0, 0.1) is 5.82 Å². The molecule has 1 amide bonds. The predicted octanol–water partition coefficient (Wildman–Crippen LogP) is 4.16. The van der Waals surface area contributed by atoms with Crippen molar-refractivity contribution in [1.82, 2.24) is 5.32 Å². The summed E-state index contributed by atoms with van der Waals surface area (Å²) in [5, 5.41) is 11.4. The molecule has 150 valence electrons. The van der Waals surface area contributed by atoms with Gasteiger partial charge in [0.15, 0.2) is 0 Å². The maximum atomic E-state index is 13.6. The number of alkyl carbamates (subject to hydrolysis) is 1. The SMILES string of the molecule is O=C(NC(CCc1ccc(C(F)(F)F)c(F)c1)C(=O)O)OCc1ccccc1. The molecule has 2 aromatic carbocycles. The van der Waals surface area contributed by atoms with E-state index in [4.69, 9.17) is 4.74 Å². The van der Waals surface area contributed by atoms with Crippen LogP contribution in [0.4, 0.5) is 22.4 Å². The summed E-state index contributed by atoms with van der Waals surface area (Å²) in [6, 6.07) is 9.76. The zero-order valence-electron chi connectivity index (χ0n) is 14.5. The number of hydrogen-bond donors (Lipinski definition) is 2. The van der Waals surface area contributed by atoms with Gasteiger partial charge in [-0.25, -0.2) is 14.0 Å². The lowest BCUT2D eigenvalue weighted by molar-refractivity contribution is -0.140. The Labute approximate surface area is 157 Å². The number of carboxylic acid groups (broad SMARTS) is 1. The molecule has 1 unspecified atom stereocenters. The number of carbonyl (C=O) groups excluding carboxylic acids is 1. The summed E-state index contributed by atoms with van der Waals surface area (Å²) in [5.74, 6) is -2.78. The minimum absolute atomic E-state index is 0.0506. The Balaban J connectivity index is 1.91. The minimum Gasteiger partial charge on any atom is -0.480 e. The molecule has 0 aliphatic heterocycles. The van der Waals surface area contributed by atoms with E-state index in [9.17, 15) is 32.3 Å². The minimum atomic E-state index is -4.81. The first kappa shape index (κ1) is 21.2. The van der Waals surface area contributed by atoms with Crippen molar-refractivity contribution in [2.24, 2.45) is 0 Å². The molecule has 1 atom stereocenters. The molecule has 0 aliphatic rings. The molecule has 0 bridgehead atoms. The van der Waals surface area contributed by atoms with Crippen molar-refractivity contribution < 1.29 is 37.0 Å². The molecule has 0 heterocycles. The number of aliphatic carboxylic acids is 1. The van der Waals surface area contributed by atoms with Crippen LogP contribution >= 0.6 is 0 Å². The second-order valence-corrected chi connectivity index (χ2v) is 5.95. The maximum absolute atomic E-state index is 13.6. The van der Waals surface area contributed by atoms with E-state index in [1.807, 2.05) is 0 Å². The summed E-state index contributed by atoms with van der Waals surface area (Å²) in [4.78, 5) is 23.1. The summed E-state index contributed by atoms with van der Waals surface area (Å²) < 4.78 is 56.2. The molecule has 2 rings (SSSR count). The average molecular weight is 399 g/mol. The molecule has 2 aromatic rings. The Morgan fingerprint density at radius 1 is 1.07 bits per heavy atom. The third-order valence-electron chi connectivity index (χ3n) is 3.86. The van der Waals surface area contributed by atoms with Crippen LogP contribution in [0.1, 0.15) is 23.1 Å². The van der Waals surface area contributed by atoms with Crippen molar-refractivity contribution >= 4 is 12.1 Å². The van der Waals surface area contributed by atoms with Gasteiger partial charge in [-0.2, -0.15) is 13.2 Å². The number of carboxylic acids is 1. The predicted molar refractivity (Wildman–Crippen MR) is 90.9 cm³/mol. The van der Waals surface area contributed by atoms with Gasteiger partial charge in [0.1, 0.15) is 18.5 Å².